The number of piperidine rings is 1. The lowest BCUT2D eigenvalue weighted by atomic mass is 10.1. The maximum absolute atomic E-state index is 12.9. The van der Waals surface area contributed by atoms with Gasteiger partial charge in [0.05, 0.1) is 13.2 Å². The number of benzene rings is 1. The van der Waals surface area contributed by atoms with Crippen molar-refractivity contribution in [1.82, 2.24) is 9.47 Å². The molecule has 3 rings (SSSR count). The number of carbonyl (C=O) groups is 1. The lowest BCUT2D eigenvalue weighted by Crippen LogP contribution is -2.41. The summed E-state index contributed by atoms with van der Waals surface area (Å²) in [6.45, 7) is 7.92. The van der Waals surface area contributed by atoms with Gasteiger partial charge in [0.2, 0.25) is 0 Å². The molecular formula is C24H29N3O3. The molecule has 1 fully saturated rings. The van der Waals surface area contributed by atoms with Crippen LogP contribution in [0.1, 0.15) is 36.7 Å². The molecule has 6 heteroatoms. The fourth-order valence-corrected chi connectivity index (χ4v) is 3.99. The van der Waals surface area contributed by atoms with E-state index in [0.29, 0.717) is 19.7 Å². The highest BCUT2D eigenvalue weighted by molar-refractivity contribution is 6.01. The van der Waals surface area contributed by atoms with Crippen molar-refractivity contribution in [3.63, 3.8) is 0 Å². The van der Waals surface area contributed by atoms with Gasteiger partial charge in [0.15, 0.2) is 0 Å². The van der Waals surface area contributed by atoms with E-state index in [1.807, 2.05) is 51.1 Å². The van der Waals surface area contributed by atoms with E-state index < -0.39 is 0 Å². The number of amides is 1. The Hall–Kier alpha value is -3.04. The summed E-state index contributed by atoms with van der Waals surface area (Å²) in [5.41, 5.74) is 4.06. The molecular weight excluding hydrogens is 378 g/mol. The van der Waals surface area contributed by atoms with Crippen LogP contribution in [0.25, 0.3) is 11.8 Å². The maximum Gasteiger partial charge on any atom is 0.264 e. The third-order valence-electron chi connectivity index (χ3n) is 5.58. The number of methoxy groups -OCH3 is 1. The summed E-state index contributed by atoms with van der Waals surface area (Å²) >= 11 is 0. The Morgan fingerprint density at radius 1 is 1.23 bits per heavy atom. The van der Waals surface area contributed by atoms with E-state index in [0.717, 1.165) is 41.2 Å². The third-order valence-corrected chi connectivity index (χ3v) is 5.58. The Balaban J connectivity index is 1.82. The fourth-order valence-electron chi connectivity index (χ4n) is 3.99. The molecule has 0 saturated carbocycles. The molecule has 1 amide bonds. The number of hydrogen-bond donors (Lipinski definition) is 0. The Labute approximate surface area is 178 Å². The van der Waals surface area contributed by atoms with Gasteiger partial charge in [-0.3, -0.25) is 4.79 Å². The fraction of sp³-hybridized carbons (Fsp3) is 0.417. The molecule has 158 valence electrons. The molecule has 0 N–H and O–H groups in total. The molecule has 0 spiro atoms. The minimum absolute atomic E-state index is 0.167. The number of aromatic nitrogens is 1. The zero-order chi connectivity index (χ0) is 21.7. The van der Waals surface area contributed by atoms with Gasteiger partial charge >= 0.3 is 0 Å². The van der Waals surface area contributed by atoms with Crippen molar-refractivity contribution in [1.29, 1.82) is 5.26 Å². The minimum atomic E-state index is -0.207. The normalized spacial score (nSPS) is 15.2. The van der Waals surface area contributed by atoms with Crippen LogP contribution in [0.4, 0.5) is 0 Å². The summed E-state index contributed by atoms with van der Waals surface area (Å²) in [4.78, 5) is 14.7. The van der Waals surface area contributed by atoms with Crippen molar-refractivity contribution >= 4 is 12.0 Å². The van der Waals surface area contributed by atoms with E-state index in [1.54, 1.807) is 18.1 Å². The molecule has 6 nitrogen and oxygen atoms in total. The minimum Gasteiger partial charge on any atom is -0.497 e. The smallest absolute Gasteiger partial charge is 0.264 e. The second-order valence-corrected chi connectivity index (χ2v) is 7.48. The molecule has 1 aromatic heterocycles. The van der Waals surface area contributed by atoms with E-state index in [-0.39, 0.29) is 17.6 Å². The van der Waals surface area contributed by atoms with Crippen molar-refractivity contribution in [2.24, 2.45) is 0 Å². The first kappa shape index (κ1) is 21.7. The van der Waals surface area contributed by atoms with Crippen LogP contribution in [0.15, 0.2) is 35.9 Å². The standard InChI is InChI=1S/C24H29N3O3/c1-5-30-23-10-12-26(13-11-23)24(28)20(16-25)15-19-14-17(2)27(18(19)3)21-6-8-22(29-4)9-7-21/h6-9,14-15,23H,5,10-13H2,1-4H3. The summed E-state index contributed by atoms with van der Waals surface area (Å²) in [5, 5.41) is 9.66. The Bertz CT molecular complexity index is 959. The number of aryl methyl sites for hydroxylation is 1. The molecule has 1 aliphatic rings. The van der Waals surface area contributed by atoms with Crippen LogP contribution in [-0.2, 0) is 9.53 Å². The van der Waals surface area contributed by atoms with E-state index in [4.69, 9.17) is 9.47 Å². The molecule has 0 aliphatic carbocycles. The predicted molar refractivity (Wildman–Crippen MR) is 117 cm³/mol. The number of nitriles is 1. The van der Waals surface area contributed by atoms with Crippen molar-refractivity contribution < 1.29 is 14.3 Å². The lowest BCUT2D eigenvalue weighted by molar-refractivity contribution is -0.129. The van der Waals surface area contributed by atoms with E-state index in [2.05, 4.69) is 10.6 Å². The monoisotopic (exact) mass is 407 g/mol. The molecule has 1 saturated heterocycles. The average Bonchev–Trinajstić information content (AvgIpc) is 3.05. The number of likely N-dealkylation sites (tertiary alicyclic amines) is 1. The average molecular weight is 408 g/mol. The van der Waals surface area contributed by atoms with Gasteiger partial charge in [-0.25, -0.2) is 0 Å². The number of hydrogen-bond acceptors (Lipinski definition) is 4. The molecule has 0 atom stereocenters. The lowest BCUT2D eigenvalue weighted by Gasteiger charge is -2.31. The number of carbonyl (C=O) groups excluding carboxylic acids is 1. The van der Waals surface area contributed by atoms with E-state index >= 15 is 0 Å². The highest BCUT2D eigenvalue weighted by Crippen LogP contribution is 2.25. The zero-order valence-corrected chi connectivity index (χ0v) is 18.1. The molecule has 0 radical (unpaired) electrons. The SMILES string of the molecule is CCOC1CCN(C(=O)C(C#N)=Cc2cc(C)n(-c3ccc(OC)cc3)c2C)CC1. The molecule has 30 heavy (non-hydrogen) atoms. The van der Waals surface area contributed by atoms with Crippen LogP contribution in [-0.4, -0.2) is 48.3 Å². The van der Waals surface area contributed by atoms with Gasteiger partial charge in [0.25, 0.3) is 5.91 Å². The van der Waals surface area contributed by atoms with Gasteiger partial charge < -0.3 is 18.9 Å². The van der Waals surface area contributed by atoms with Gasteiger partial charge in [-0.15, -0.1) is 0 Å². The highest BCUT2D eigenvalue weighted by Gasteiger charge is 2.25. The summed E-state index contributed by atoms with van der Waals surface area (Å²) in [5.74, 6) is 0.591. The predicted octanol–water partition coefficient (Wildman–Crippen LogP) is 4.04. The van der Waals surface area contributed by atoms with Gasteiger partial charge in [0, 0.05) is 36.8 Å². The third kappa shape index (κ3) is 4.58. The molecule has 1 aliphatic heterocycles. The van der Waals surface area contributed by atoms with E-state index in [9.17, 15) is 10.1 Å². The van der Waals surface area contributed by atoms with E-state index in [1.165, 1.54) is 0 Å². The van der Waals surface area contributed by atoms with Crippen LogP contribution in [0.5, 0.6) is 5.75 Å². The first-order chi connectivity index (χ1) is 14.5. The number of rotatable bonds is 6. The van der Waals surface area contributed by atoms with Crippen molar-refractivity contribution in [2.45, 2.75) is 39.7 Å². The zero-order valence-electron chi connectivity index (χ0n) is 18.1. The van der Waals surface area contributed by atoms with Gasteiger partial charge in [-0.1, -0.05) is 0 Å². The van der Waals surface area contributed by atoms with Gasteiger partial charge in [-0.2, -0.15) is 5.26 Å². The quantitative estimate of drug-likeness (QED) is 0.535. The van der Waals surface area contributed by atoms with Crippen LogP contribution in [0, 0.1) is 25.2 Å². The second-order valence-electron chi connectivity index (χ2n) is 7.48. The van der Waals surface area contributed by atoms with Crippen molar-refractivity contribution in [2.75, 3.05) is 26.8 Å². The van der Waals surface area contributed by atoms with Crippen molar-refractivity contribution in [3.8, 4) is 17.5 Å². The Kier molecular flexibility index (Phi) is 6.96. The largest absolute Gasteiger partial charge is 0.497 e. The van der Waals surface area contributed by atoms with Crippen LogP contribution < -0.4 is 4.74 Å². The highest BCUT2D eigenvalue weighted by atomic mass is 16.5. The Morgan fingerprint density at radius 3 is 2.47 bits per heavy atom. The number of ether oxygens (including phenoxy) is 2. The summed E-state index contributed by atoms with van der Waals surface area (Å²) in [6, 6.07) is 11.9. The number of nitrogens with zero attached hydrogens (tertiary/aromatic N) is 3. The molecule has 0 bridgehead atoms. The van der Waals surface area contributed by atoms with Crippen molar-refractivity contribution in [3.05, 3.63) is 52.9 Å². The molecule has 0 unspecified atom stereocenters. The summed E-state index contributed by atoms with van der Waals surface area (Å²) < 4.78 is 13.0. The maximum atomic E-state index is 12.9. The first-order valence-electron chi connectivity index (χ1n) is 10.3. The Morgan fingerprint density at radius 2 is 1.90 bits per heavy atom. The summed E-state index contributed by atoms with van der Waals surface area (Å²) in [7, 11) is 1.64. The summed E-state index contributed by atoms with van der Waals surface area (Å²) in [6.07, 6.45) is 3.53. The van der Waals surface area contributed by atoms with Crippen LogP contribution >= 0.6 is 0 Å². The van der Waals surface area contributed by atoms with Crippen LogP contribution in [0.3, 0.4) is 0 Å². The first-order valence-corrected chi connectivity index (χ1v) is 10.3. The topological polar surface area (TPSA) is 67.5 Å². The molecule has 1 aromatic carbocycles. The molecule has 2 heterocycles. The van der Waals surface area contributed by atoms with Crippen LogP contribution in [0.2, 0.25) is 0 Å². The van der Waals surface area contributed by atoms with Gasteiger partial charge in [0.1, 0.15) is 17.4 Å². The second kappa shape index (κ2) is 9.64. The van der Waals surface area contributed by atoms with Gasteiger partial charge in [-0.05, 0) is 75.6 Å². The molecule has 2 aromatic rings.